The second-order valence-corrected chi connectivity index (χ2v) is 3.03. The summed E-state index contributed by atoms with van der Waals surface area (Å²) in [4.78, 5) is 14.4. The van der Waals surface area contributed by atoms with E-state index in [1.165, 1.54) is 11.3 Å². The third-order valence-electron chi connectivity index (χ3n) is 1.15. The van der Waals surface area contributed by atoms with Crippen LogP contribution in [0.25, 0.3) is 5.57 Å². The molecule has 6 heteroatoms. The van der Waals surface area contributed by atoms with Crippen molar-refractivity contribution in [2.75, 3.05) is 5.73 Å². The number of hydrogen-bond acceptors (Lipinski definition) is 4. The third kappa shape index (κ3) is 1.75. The van der Waals surface area contributed by atoms with Gasteiger partial charge in [0.15, 0.2) is 5.13 Å². The van der Waals surface area contributed by atoms with Gasteiger partial charge in [-0.1, -0.05) is 11.6 Å². The van der Waals surface area contributed by atoms with Crippen LogP contribution in [0.15, 0.2) is 10.9 Å². The summed E-state index contributed by atoms with van der Waals surface area (Å²) in [6, 6.07) is 0. The Bertz CT molecular complexity index is 333. The summed E-state index contributed by atoms with van der Waals surface area (Å²) >= 11 is 6.52. The Labute approximate surface area is 77.8 Å². The van der Waals surface area contributed by atoms with Crippen LogP contribution < -0.4 is 11.5 Å². The van der Waals surface area contributed by atoms with Crippen molar-refractivity contribution in [3.63, 3.8) is 0 Å². The van der Waals surface area contributed by atoms with E-state index in [4.69, 9.17) is 23.1 Å². The van der Waals surface area contributed by atoms with Gasteiger partial charge in [0.2, 0.25) is 0 Å². The maximum absolute atomic E-state index is 10.6. The normalized spacial score (nSPS) is 11.6. The molecule has 0 atom stereocenters. The molecule has 0 aliphatic carbocycles. The summed E-state index contributed by atoms with van der Waals surface area (Å²) in [7, 11) is 0. The molecule has 3 N–H and O–H groups in total. The first kappa shape index (κ1) is 9.02. The van der Waals surface area contributed by atoms with E-state index in [1.54, 1.807) is 5.38 Å². The average Bonchev–Trinajstić information content (AvgIpc) is 2.37. The lowest BCUT2D eigenvalue weighted by atomic mass is 10.2. The molecule has 0 aliphatic heterocycles. The van der Waals surface area contributed by atoms with Gasteiger partial charge < -0.3 is 5.73 Å². The molecule has 12 heavy (non-hydrogen) atoms. The minimum absolute atomic E-state index is 0.0598. The van der Waals surface area contributed by atoms with Gasteiger partial charge in [-0.15, -0.1) is 11.3 Å². The maximum Gasteiger partial charge on any atom is 0.272 e. The molecule has 0 spiro atoms. The highest BCUT2D eigenvalue weighted by Gasteiger charge is 2.11. The Morgan fingerprint density at radius 2 is 2.50 bits per heavy atom. The molecule has 0 saturated carbocycles. The smallest absolute Gasteiger partial charge is 0.272 e. The van der Waals surface area contributed by atoms with Crippen molar-refractivity contribution in [2.24, 2.45) is 0 Å². The molecule has 4 nitrogen and oxygen atoms in total. The zero-order valence-corrected chi connectivity index (χ0v) is 7.45. The summed E-state index contributed by atoms with van der Waals surface area (Å²) in [5.41, 5.74) is 13.6. The van der Waals surface area contributed by atoms with E-state index in [9.17, 15) is 4.79 Å². The number of halogens is 1. The van der Waals surface area contributed by atoms with Gasteiger partial charge in [0.05, 0.1) is 11.3 Å². The van der Waals surface area contributed by atoms with Crippen molar-refractivity contribution in [3.8, 4) is 0 Å². The number of nitrogens with zero attached hydrogens (tertiary/aromatic N) is 1. The molecule has 1 aromatic rings. The lowest BCUT2D eigenvalue weighted by Gasteiger charge is -1.93. The quantitative estimate of drug-likeness (QED) is 0.730. The van der Waals surface area contributed by atoms with Crippen molar-refractivity contribution < 1.29 is 4.79 Å². The van der Waals surface area contributed by atoms with Crippen molar-refractivity contribution in [2.45, 2.75) is 0 Å². The highest BCUT2D eigenvalue weighted by atomic mass is 35.5. The van der Waals surface area contributed by atoms with Gasteiger partial charge in [-0.2, -0.15) is 0 Å². The standard InChI is InChI=1S/C6H5ClN3OS/c7-1-3(5(8)11)4-2-12-6(9)10-4/h1-2,8H,(H2,9,10). The van der Waals surface area contributed by atoms with Gasteiger partial charge in [-0.3, -0.25) is 10.5 Å². The minimum atomic E-state index is -0.865. The molecule has 1 radical (unpaired) electrons. The Morgan fingerprint density at radius 3 is 2.83 bits per heavy atom. The third-order valence-corrected chi connectivity index (χ3v) is 2.04. The number of rotatable bonds is 2. The molecule has 0 unspecified atom stereocenters. The molecule has 0 saturated heterocycles. The highest BCUT2D eigenvalue weighted by molar-refractivity contribution is 7.13. The van der Waals surface area contributed by atoms with Gasteiger partial charge in [-0.05, 0) is 0 Å². The minimum Gasteiger partial charge on any atom is -0.375 e. The summed E-state index contributed by atoms with van der Waals surface area (Å²) < 4.78 is 0. The zero-order chi connectivity index (χ0) is 9.14. The molecular formula is C6H5ClN3OS. The molecule has 0 fully saturated rings. The van der Waals surface area contributed by atoms with Gasteiger partial charge in [0.1, 0.15) is 0 Å². The van der Waals surface area contributed by atoms with E-state index in [0.717, 1.165) is 5.54 Å². The molecule has 1 rings (SSSR count). The summed E-state index contributed by atoms with van der Waals surface area (Å²) in [6.45, 7) is 0. The SMILES string of the molecule is [NH]C(=O)C(=CCl)c1csc(N)n1. The summed E-state index contributed by atoms with van der Waals surface area (Å²) in [5.74, 6) is -0.865. The predicted molar refractivity (Wildman–Crippen MR) is 48.5 cm³/mol. The Morgan fingerprint density at radius 1 is 1.83 bits per heavy atom. The number of aromatic nitrogens is 1. The van der Waals surface area contributed by atoms with Gasteiger partial charge >= 0.3 is 0 Å². The van der Waals surface area contributed by atoms with Crippen molar-refractivity contribution in [1.82, 2.24) is 10.7 Å². The first-order chi connectivity index (χ1) is 5.65. The Kier molecular flexibility index (Phi) is 2.67. The second-order valence-electron chi connectivity index (χ2n) is 1.92. The lowest BCUT2D eigenvalue weighted by molar-refractivity contribution is -0.113. The first-order valence-electron chi connectivity index (χ1n) is 2.93. The predicted octanol–water partition coefficient (Wildman–Crippen LogP) is 1.11. The fourth-order valence-corrected chi connectivity index (χ4v) is 1.41. The van der Waals surface area contributed by atoms with Gasteiger partial charge in [-0.25, -0.2) is 4.98 Å². The van der Waals surface area contributed by atoms with Crippen LogP contribution in [0.3, 0.4) is 0 Å². The van der Waals surface area contributed by atoms with Crippen LogP contribution in [0.2, 0.25) is 0 Å². The zero-order valence-electron chi connectivity index (χ0n) is 5.87. The Hall–Kier alpha value is -1.07. The molecule has 0 bridgehead atoms. The fourth-order valence-electron chi connectivity index (χ4n) is 0.633. The number of nitrogens with two attached hydrogens (primary N) is 1. The highest BCUT2D eigenvalue weighted by Crippen LogP contribution is 2.19. The van der Waals surface area contributed by atoms with Gasteiger partial charge in [0.25, 0.3) is 5.91 Å². The number of carbonyl (C=O) groups excluding carboxylic acids is 1. The largest absolute Gasteiger partial charge is 0.375 e. The monoisotopic (exact) mass is 202 g/mol. The number of hydrogen-bond donors (Lipinski definition) is 1. The van der Waals surface area contributed by atoms with Crippen molar-refractivity contribution in [3.05, 3.63) is 16.6 Å². The van der Waals surface area contributed by atoms with E-state index in [1.807, 2.05) is 0 Å². The number of thiazole rings is 1. The first-order valence-corrected chi connectivity index (χ1v) is 4.24. The summed E-state index contributed by atoms with van der Waals surface area (Å²) in [5, 5.41) is 1.93. The summed E-state index contributed by atoms with van der Waals surface area (Å²) in [6.07, 6.45) is 0. The van der Waals surface area contributed by atoms with E-state index in [2.05, 4.69) is 4.98 Å². The van der Waals surface area contributed by atoms with Crippen LogP contribution >= 0.6 is 22.9 Å². The molecule has 0 aromatic carbocycles. The van der Waals surface area contributed by atoms with E-state index >= 15 is 0 Å². The fraction of sp³-hybridized carbons (Fsp3) is 0. The van der Waals surface area contributed by atoms with Crippen LogP contribution in [-0.2, 0) is 4.79 Å². The molecule has 1 amide bonds. The average molecular weight is 203 g/mol. The Balaban J connectivity index is 3.04. The van der Waals surface area contributed by atoms with E-state index in [0.29, 0.717) is 10.8 Å². The van der Waals surface area contributed by atoms with Crippen LogP contribution in [0, 0.1) is 0 Å². The van der Waals surface area contributed by atoms with Crippen molar-refractivity contribution >= 4 is 39.5 Å². The van der Waals surface area contributed by atoms with E-state index in [-0.39, 0.29) is 5.57 Å². The molecule has 1 heterocycles. The van der Waals surface area contributed by atoms with Crippen molar-refractivity contribution in [1.29, 1.82) is 0 Å². The number of nitrogens with one attached hydrogen (secondary N) is 1. The number of amides is 1. The van der Waals surface area contributed by atoms with Crippen LogP contribution in [0.5, 0.6) is 0 Å². The number of nitrogen functional groups attached to an aromatic ring is 1. The van der Waals surface area contributed by atoms with Crippen LogP contribution in [-0.4, -0.2) is 10.9 Å². The lowest BCUT2D eigenvalue weighted by Crippen LogP contribution is -2.01. The molecule has 1 aromatic heterocycles. The van der Waals surface area contributed by atoms with Gasteiger partial charge in [0, 0.05) is 10.9 Å². The number of carbonyl (C=O) groups is 1. The maximum atomic E-state index is 10.6. The number of anilines is 1. The van der Waals surface area contributed by atoms with E-state index < -0.39 is 5.91 Å². The van der Waals surface area contributed by atoms with Crippen LogP contribution in [0.4, 0.5) is 5.13 Å². The molecular weight excluding hydrogens is 198 g/mol. The topological polar surface area (TPSA) is 79.8 Å². The second kappa shape index (κ2) is 3.55. The van der Waals surface area contributed by atoms with Crippen LogP contribution in [0.1, 0.15) is 5.69 Å². The molecule has 63 valence electrons. The molecule has 0 aliphatic rings.